The van der Waals surface area contributed by atoms with E-state index in [2.05, 4.69) is 10.6 Å². The largest absolute Gasteiger partial charge is 0.508 e. The fraction of sp³-hybridized carbons (Fsp3) is 0.421. The van der Waals surface area contributed by atoms with Crippen LogP contribution in [0.15, 0.2) is 78.9 Å². The van der Waals surface area contributed by atoms with Gasteiger partial charge in [-0.1, -0.05) is 54.6 Å². The summed E-state index contributed by atoms with van der Waals surface area (Å²) < 4.78 is 11.1. The minimum absolute atomic E-state index is 0.0598. The van der Waals surface area contributed by atoms with Crippen molar-refractivity contribution in [2.75, 3.05) is 13.2 Å². The maximum atomic E-state index is 13.9. The summed E-state index contributed by atoms with van der Waals surface area (Å²) in [5.41, 5.74) is 14.0. The van der Waals surface area contributed by atoms with Gasteiger partial charge in [0.2, 0.25) is 29.9 Å². The Balaban J connectivity index is 1.31. The summed E-state index contributed by atoms with van der Waals surface area (Å²) in [5, 5.41) is 55.0. The fourth-order valence-corrected chi connectivity index (χ4v) is 6.55. The maximum absolute atomic E-state index is 13.9. The number of nitrogens with two attached hydrogens (primary N) is 2. The molecule has 0 radical (unpaired) electrons. The number of carbonyl (C=O) groups is 4. The van der Waals surface area contributed by atoms with Crippen molar-refractivity contribution in [3.05, 3.63) is 95.6 Å². The Hall–Kier alpha value is -5.10. The third-order valence-corrected chi connectivity index (χ3v) is 9.59. The van der Waals surface area contributed by atoms with Gasteiger partial charge in [0.05, 0.1) is 12.6 Å². The van der Waals surface area contributed by atoms with E-state index < -0.39 is 85.1 Å². The molecule has 3 aromatic rings. The first-order chi connectivity index (χ1) is 25.8. The van der Waals surface area contributed by atoms with E-state index in [0.717, 1.165) is 11.1 Å². The molecule has 0 aliphatic carbocycles. The number of ether oxygens (including phenoxy) is 2. The highest BCUT2D eigenvalue weighted by atomic mass is 16.7. The van der Waals surface area contributed by atoms with Crippen molar-refractivity contribution in [3.8, 4) is 11.5 Å². The van der Waals surface area contributed by atoms with E-state index in [9.17, 15) is 44.7 Å². The molecule has 2 aliphatic heterocycles. The van der Waals surface area contributed by atoms with E-state index in [1.807, 2.05) is 6.07 Å². The second-order valence-corrected chi connectivity index (χ2v) is 13.5. The average Bonchev–Trinajstić information content (AvgIpc) is 3.66. The number of benzene rings is 3. The molecule has 3 aromatic carbocycles. The fourth-order valence-electron chi connectivity index (χ4n) is 6.55. The van der Waals surface area contributed by atoms with Gasteiger partial charge in [-0.3, -0.25) is 19.2 Å². The molecule has 54 heavy (non-hydrogen) atoms. The molecule has 16 heteroatoms. The van der Waals surface area contributed by atoms with Gasteiger partial charge < -0.3 is 62.0 Å². The van der Waals surface area contributed by atoms with Gasteiger partial charge >= 0.3 is 0 Å². The van der Waals surface area contributed by atoms with Crippen molar-refractivity contribution in [1.82, 2.24) is 15.5 Å². The number of rotatable bonds is 15. The lowest BCUT2D eigenvalue weighted by Gasteiger charge is -2.39. The monoisotopic (exact) mass is 749 g/mol. The van der Waals surface area contributed by atoms with Crippen molar-refractivity contribution in [2.45, 2.75) is 87.0 Å². The molecule has 2 fully saturated rings. The lowest BCUT2D eigenvalue weighted by molar-refractivity contribution is -0.277. The molecule has 0 bridgehead atoms. The number of amides is 4. The number of carbonyl (C=O) groups excluding carboxylic acids is 4. The van der Waals surface area contributed by atoms with Gasteiger partial charge in [0, 0.05) is 19.4 Å². The number of primary amides is 1. The Morgan fingerprint density at radius 3 is 2.07 bits per heavy atom. The number of nitrogens with zero attached hydrogens (tertiary/aromatic N) is 1. The van der Waals surface area contributed by atoms with E-state index in [1.165, 1.54) is 29.2 Å². The molecule has 0 unspecified atom stereocenters. The molecule has 4 amide bonds. The van der Waals surface area contributed by atoms with Gasteiger partial charge in [0.25, 0.3) is 0 Å². The number of nitrogens with one attached hydrogen (secondary N) is 2. The molecular weight excluding hydrogens is 702 g/mol. The van der Waals surface area contributed by atoms with Crippen LogP contribution in [0, 0.1) is 0 Å². The van der Waals surface area contributed by atoms with E-state index in [1.54, 1.807) is 48.5 Å². The summed E-state index contributed by atoms with van der Waals surface area (Å²) in [5.74, 6) is -2.22. The predicted molar refractivity (Wildman–Crippen MR) is 192 cm³/mol. The third kappa shape index (κ3) is 10.1. The van der Waals surface area contributed by atoms with Crippen LogP contribution >= 0.6 is 0 Å². The van der Waals surface area contributed by atoms with Crippen LogP contribution in [-0.2, 0) is 43.2 Å². The van der Waals surface area contributed by atoms with Crippen LogP contribution in [0.1, 0.15) is 29.5 Å². The van der Waals surface area contributed by atoms with Crippen LogP contribution in [0.25, 0.3) is 0 Å². The second-order valence-electron chi connectivity index (χ2n) is 13.5. The summed E-state index contributed by atoms with van der Waals surface area (Å²) in [6, 6.07) is 17.2. The van der Waals surface area contributed by atoms with Crippen molar-refractivity contribution in [3.63, 3.8) is 0 Å². The van der Waals surface area contributed by atoms with Gasteiger partial charge in [-0.2, -0.15) is 0 Å². The molecule has 290 valence electrons. The van der Waals surface area contributed by atoms with Crippen LogP contribution in [0.3, 0.4) is 0 Å². The van der Waals surface area contributed by atoms with Gasteiger partial charge in [-0.15, -0.1) is 0 Å². The Morgan fingerprint density at radius 1 is 0.815 bits per heavy atom. The molecule has 0 saturated carbocycles. The first-order valence-electron chi connectivity index (χ1n) is 17.7. The Morgan fingerprint density at radius 2 is 1.43 bits per heavy atom. The van der Waals surface area contributed by atoms with Crippen LogP contribution in [0.5, 0.6) is 11.5 Å². The number of phenolic OH excluding ortho intramolecular Hbond substituents is 1. The molecule has 5 rings (SSSR count). The summed E-state index contributed by atoms with van der Waals surface area (Å²) >= 11 is 0. The van der Waals surface area contributed by atoms with Gasteiger partial charge in [-0.25, -0.2) is 0 Å². The quantitative estimate of drug-likeness (QED) is 0.0849. The minimum atomic E-state index is -1.63. The highest BCUT2D eigenvalue weighted by Crippen LogP contribution is 2.25. The molecule has 2 saturated heterocycles. The summed E-state index contributed by atoms with van der Waals surface area (Å²) in [7, 11) is 0. The molecule has 0 aromatic heterocycles. The maximum Gasteiger partial charge on any atom is 0.243 e. The van der Waals surface area contributed by atoms with E-state index in [4.69, 9.17) is 20.9 Å². The number of aliphatic hydroxyl groups excluding tert-OH is 4. The first-order valence-corrected chi connectivity index (χ1v) is 17.7. The highest BCUT2D eigenvalue weighted by Gasteiger charge is 2.45. The van der Waals surface area contributed by atoms with Crippen LogP contribution < -0.4 is 26.8 Å². The van der Waals surface area contributed by atoms with Crippen LogP contribution in [0.4, 0.5) is 0 Å². The van der Waals surface area contributed by atoms with Crippen molar-refractivity contribution < 1.29 is 54.2 Å². The summed E-state index contributed by atoms with van der Waals surface area (Å²) in [6.07, 6.45) is -6.28. The van der Waals surface area contributed by atoms with Gasteiger partial charge in [0.1, 0.15) is 54.0 Å². The molecule has 2 aliphatic rings. The number of likely N-dealkylation sites (tertiary alicyclic amines) is 1. The van der Waals surface area contributed by atoms with E-state index >= 15 is 0 Å². The zero-order chi connectivity index (χ0) is 38.9. The Kier molecular flexibility index (Phi) is 13.6. The zero-order valence-corrected chi connectivity index (χ0v) is 29.4. The van der Waals surface area contributed by atoms with E-state index in [0.29, 0.717) is 18.4 Å². The molecular formula is C38H47N5O11. The topological polar surface area (TPSA) is 267 Å². The zero-order valence-electron chi connectivity index (χ0n) is 29.4. The molecule has 2 heterocycles. The first kappa shape index (κ1) is 40.1. The van der Waals surface area contributed by atoms with Crippen molar-refractivity contribution >= 4 is 23.6 Å². The lowest BCUT2D eigenvalue weighted by Crippen LogP contribution is -2.60. The van der Waals surface area contributed by atoms with Crippen molar-refractivity contribution in [2.24, 2.45) is 11.5 Å². The Bertz CT molecular complexity index is 1730. The molecule has 9 atom stereocenters. The molecule has 16 nitrogen and oxygen atoms in total. The Labute approximate surface area is 311 Å². The summed E-state index contributed by atoms with van der Waals surface area (Å²) in [4.78, 5) is 55.0. The predicted octanol–water partition coefficient (Wildman–Crippen LogP) is -1.63. The highest BCUT2D eigenvalue weighted by molar-refractivity contribution is 5.95. The van der Waals surface area contributed by atoms with Gasteiger partial charge in [0.15, 0.2) is 0 Å². The SMILES string of the molecule is NC(=O)[C@H](Cc1ccccc1)NC(=O)[C@H](Cc1ccc(O[C@H]2O[C@H](CO)[C@@H](O)[C@H](O)[C@H]2O)cc1)NC(=O)[C@@H]1CCCN1C(=O)[C@@H](N)Cc1ccc(O)cc1. The normalized spacial score (nSPS) is 24.2. The number of aromatic hydroxyl groups is 1. The second kappa shape index (κ2) is 18.3. The van der Waals surface area contributed by atoms with Crippen LogP contribution in [-0.4, -0.2) is 122 Å². The third-order valence-electron chi connectivity index (χ3n) is 9.59. The van der Waals surface area contributed by atoms with E-state index in [-0.39, 0.29) is 37.3 Å². The summed E-state index contributed by atoms with van der Waals surface area (Å²) in [6.45, 7) is -0.339. The van der Waals surface area contributed by atoms with Gasteiger partial charge in [-0.05, 0) is 60.2 Å². The molecule has 11 N–H and O–H groups in total. The average molecular weight is 750 g/mol. The molecule has 0 spiro atoms. The number of hydrogen-bond donors (Lipinski definition) is 9. The smallest absolute Gasteiger partial charge is 0.243 e. The van der Waals surface area contributed by atoms with Crippen molar-refractivity contribution in [1.29, 1.82) is 0 Å². The standard InChI is InChI=1S/C38H47N5O11/c39-26(17-22-8-12-24(45)13-9-22)37(52)43-16-4-7-29(43)36(51)42-28(35(50)41-27(34(40)49)18-21-5-2-1-3-6-21)19-23-10-14-25(15-11-23)53-38-33(48)32(47)31(46)30(20-44)54-38/h1-3,5-6,8-15,26-33,38,44-48H,4,7,16-20,39H2,(H2,40,49)(H,41,50)(H,42,51)/t26-,27-,28-,29-,30+,31+,32-,33+,38-/m0/s1. The lowest BCUT2D eigenvalue weighted by atomic mass is 9.99. The number of phenols is 1. The minimum Gasteiger partial charge on any atom is -0.508 e. The van der Waals surface area contributed by atoms with Crippen LogP contribution in [0.2, 0.25) is 0 Å². The number of aliphatic hydroxyl groups is 4. The number of hydrogen-bond acceptors (Lipinski definition) is 12.